The van der Waals surface area contributed by atoms with E-state index in [0.717, 1.165) is 37.2 Å². The number of unbranched alkanes of at least 4 members (excludes halogenated alkanes) is 3. The molecule has 4 heteroatoms. The van der Waals surface area contributed by atoms with Crippen LogP contribution in [-0.4, -0.2) is 34.7 Å². The lowest BCUT2D eigenvalue weighted by atomic mass is 9.96. The molecule has 0 radical (unpaired) electrons. The van der Waals surface area contributed by atoms with Crippen molar-refractivity contribution in [2.24, 2.45) is 5.92 Å². The van der Waals surface area contributed by atoms with Crippen LogP contribution in [0.25, 0.3) is 0 Å². The Hall–Kier alpha value is -0.220. The molecule has 0 aromatic rings. The van der Waals surface area contributed by atoms with Gasteiger partial charge in [-0.25, -0.2) is 0 Å². The zero-order chi connectivity index (χ0) is 14.1. The molecular weight excluding hydrogens is 258 g/mol. The van der Waals surface area contributed by atoms with Gasteiger partial charge in [-0.15, -0.1) is 0 Å². The van der Waals surface area contributed by atoms with Crippen molar-refractivity contribution in [3.63, 3.8) is 0 Å². The van der Waals surface area contributed by atoms with E-state index in [1.165, 1.54) is 19.3 Å². The number of carbonyl (C=O) groups excluding carboxylic acids is 1. The third-order valence-corrected chi connectivity index (χ3v) is 4.94. The predicted octanol–water partition coefficient (Wildman–Crippen LogP) is 2.97. The molecule has 19 heavy (non-hydrogen) atoms. The SMILES string of the molecule is CCCCCCC(C)C(=O)NCC1(O)CCSCC1. The fraction of sp³-hybridized carbons (Fsp3) is 0.933. The zero-order valence-corrected chi connectivity index (χ0v) is 13.2. The second-order valence-corrected chi connectivity index (χ2v) is 7.03. The summed E-state index contributed by atoms with van der Waals surface area (Å²) in [5.74, 6) is 2.17. The Morgan fingerprint density at radius 3 is 2.63 bits per heavy atom. The zero-order valence-electron chi connectivity index (χ0n) is 12.4. The van der Waals surface area contributed by atoms with E-state index in [4.69, 9.17) is 0 Å². The third kappa shape index (κ3) is 6.66. The van der Waals surface area contributed by atoms with Crippen molar-refractivity contribution in [1.29, 1.82) is 0 Å². The van der Waals surface area contributed by atoms with E-state index in [9.17, 15) is 9.90 Å². The third-order valence-electron chi connectivity index (χ3n) is 3.95. The molecule has 1 aliphatic heterocycles. The molecule has 2 N–H and O–H groups in total. The summed E-state index contributed by atoms with van der Waals surface area (Å²) >= 11 is 1.88. The van der Waals surface area contributed by atoms with Crippen LogP contribution in [0.3, 0.4) is 0 Å². The van der Waals surface area contributed by atoms with Gasteiger partial charge in [-0.2, -0.15) is 11.8 Å². The van der Waals surface area contributed by atoms with Gasteiger partial charge >= 0.3 is 0 Å². The van der Waals surface area contributed by atoms with Crippen LogP contribution in [0.5, 0.6) is 0 Å². The Balaban J connectivity index is 2.18. The standard InChI is InChI=1S/C15H29NO2S/c1-3-4-5-6-7-13(2)14(17)16-12-15(18)8-10-19-11-9-15/h13,18H,3-12H2,1-2H3,(H,16,17). The Morgan fingerprint density at radius 2 is 2.00 bits per heavy atom. The molecule has 112 valence electrons. The van der Waals surface area contributed by atoms with Crippen LogP contribution in [0.4, 0.5) is 0 Å². The molecule has 0 bridgehead atoms. The lowest BCUT2D eigenvalue weighted by molar-refractivity contribution is -0.126. The molecule has 0 saturated carbocycles. The Labute approximate surface area is 121 Å². The lowest BCUT2D eigenvalue weighted by Gasteiger charge is -2.32. The first kappa shape index (κ1) is 16.8. The van der Waals surface area contributed by atoms with E-state index in [1.54, 1.807) is 0 Å². The van der Waals surface area contributed by atoms with Gasteiger partial charge in [-0.1, -0.05) is 39.5 Å². The molecule has 0 spiro atoms. The minimum atomic E-state index is -0.664. The van der Waals surface area contributed by atoms with Crippen LogP contribution in [0.2, 0.25) is 0 Å². The van der Waals surface area contributed by atoms with E-state index in [-0.39, 0.29) is 11.8 Å². The minimum absolute atomic E-state index is 0.0680. The second-order valence-electron chi connectivity index (χ2n) is 5.80. The van der Waals surface area contributed by atoms with Gasteiger partial charge in [0.05, 0.1) is 5.60 Å². The number of carbonyl (C=O) groups is 1. The normalized spacial score (nSPS) is 19.9. The molecule has 1 heterocycles. The fourth-order valence-electron chi connectivity index (χ4n) is 2.36. The number of amides is 1. The van der Waals surface area contributed by atoms with Crippen LogP contribution in [0, 0.1) is 5.92 Å². The molecule has 3 nitrogen and oxygen atoms in total. The molecule has 0 aromatic carbocycles. The van der Waals surface area contributed by atoms with Crippen LogP contribution in [-0.2, 0) is 4.79 Å². The first-order valence-electron chi connectivity index (χ1n) is 7.65. The molecule has 1 unspecified atom stereocenters. The number of hydrogen-bond acceptors (Lipinski definition) is 3. The summed E-state index contributed by atoms with van der Waals surface area (Å²) in [5, 5.41) is 13.3. The molecule has 1 amide bonds. The molecular formula is C15H29NO2S. The highest BCUT2D eigenvalue weighted by Crippen LogP contribution is 2.26. The van der Waals surface area contributed by atoms with Gasteiger partial charge in [-0.3, -0.25) is 4.79 Å². The van der Waals surface area contributed by atoms with Crippen molar-refractivity contribution in [2.75, 3.05) is 18.1 Å². The average molecular weight is 287 g/mol. The van der Waals surface area contributed by atoms with Gasteiger partial charge in [0.15, 0.2) is 0 Å². The molecule has 0 aliphatic carbocycles. The van der Waals surface area contributed by atoms with Crippen molar-refractivity contribution < 1.29 is 9.90 Å². The first-order valence-corrected chi connectivity index (χ1v) is 8.81. The number of thioether (sulfide) groups is 1. The van der Waals surface area contributed by atoms with Crippen molar-refractivity contribution in [1.82, 2.24) is 5.32 Å². The second kappa shape index (κ2) is 8.85. The van der Waals surface area contributed by atoms with Gasteiger partial charge in [0, 0.05) is 12.5 Å². The summed E-state index contributed by atoms with van der Waals surface area (Å²) in [5.41, 5.74) is -0.664. The Morgan fingerprint density at radius 1 is 1.32 bits per heavy atom. The van der Waals surface area contributed by atoms with Gasteiger partial charge in [-0.05, 0) is 30.8 Å². The smallest absolute Gasteiger partial charge is 0.222 e. The van der Waals surface area contributed by atoms with Crippen LogP contribution < -0.4 is 5.32 Å². The number of aliphatic hydroxyl groups is 1. The van der Waals surface area contributed by atoms with Crippen molar-refractivity contribution in [3.8, 4) is 0 Å². The molecule has 1 rings (SSSR count). The van der Waals surface area contributed by atoms with Crippen LogP contribution in [0.1, 0.15) is 58.8 Å². The lowest BCUT2D eigenvalue weighted by Crippen LogP contribution is -2.46. The maximum Gasteiger partial charge on any atom is 0.222 e. The topological polar surface area (TPSA) is 49.3 Å². The Bertz CT molecular complexity index is 265. The summed E-state index contributed by atoms with van der Waals surface area (Å²) in [6, 6.07) is 0. The summed E-state index contributed by atoms with van der Waals surface area (Å²) < 4.78 is 0. The summed E-state index contributed by atoms with van der Waals surface area (Å²) in [4.78, 5) is 12.0. The van der Waals surface area contributed by atoms with E-state index < -0.39 is 5.60 Å². The predicted molar refractivity (Wildman–Crippen MR) is 82.4 cm³/mol. The average Bonchev–Trinajstić information content (AvgIpc) is 2.41. The van der Waals surface area contributed by atoms with Crippen molar-refractivity contribution >= 4 is 17.7 Å². The molecule has 1 fully saturated rings. The molecule has 1 saturated heterocycles. The minimum Gasteiger partial charge on any atom is -0.388 e. The number of nitrogens with one attached hydrogen (secondary N) is 1. The maximum atomic E-state index is 12.0. The van der Waals surface area contributed by atoms with Gasteiger partial charge in [0.25, 0.3) is 0 Å². The van der Waals surface area contributed by atoms with Gasteiger partial charge in [0.2, 0.25) is 5.91 Å². The quantitative estimate of drug-likeness (QED) is 0.675. The van der Waals surface area contributed by atoms with Crippen LogP contribution in [0.15, 0.2) is 0 Å². The van der Waals surface area contributed by atoms with Gasteiger partial charge in [0.1, 0.15) is 0 Å². The molecule has 0 aromatic heterocycles. The van der Waals surface area contributed by atoms with Gasteiger partial charge < -0.3 is 10.4 Å². The van der Waals surface area contributed by atoms with Crippen molar-refractivity contribution in [3.05, 3.63) is 0 Å². The van der Waals surface area contributed by atoms with E-state index in [1.807, 2.05) is 18.7 Å². The molecule has 1 atom stereocenters. The van der Waals surface area contributed by atoms with E-state index in [2.05, 4.69) is 12.2 Å². The highest BCUT2D eigenvalue weighted by molar-refractivity contribution is 7.99. The summed E-state index contributed by atoms with van der Waals surface area (Å²) in [6.07, 6.45) is 7.38. The van der Waals surface area contributed by atoms with Crippen LogP contribution >= 0.6 is 11.8 Å². The molecule has 1 aliphatic rings. The first-order chi connectivity index (χ1) is 9.07. The number of hydrogen-bond donors (Lipinski definition) is 2. The summed E-state index contributed by atoms with van der Waals surface area (Å²) in [7, 11) is 0. The van der Waals surface area contributed by atoms with Crippen molar-refractivity contribution in [2.45, 2.75) is 64.4 Å². The highest BCUT2D eigenvalue weighted by atomic mass is 32.2. The van der Waals surface area contributed by atoms with E-state index in [0.29, 0.717) is 6.54 Å². The largest absolute Gasteiger partial charge is 0.388 e. The monoisotopic (exact) mass is 287 g/mol. The Kier molecular flexibility index (Phi) is 7.84. The maximum absolute atomic E-state index is 12.0. The number of rotatable bonds is 8. The fourth-order valence-corrected chi connectivity index (χ4v) is 3.62. The highest BCUT2D eigenvalue weighted by Gasteiger charge is 2.30. The van der Waals surface area contributed by atoms with E-state index >= 15 is 0 Å². The summed E-state index contributed by atoms with van der Waals surface area (Å²) in [6.45, 7) is 4.60.